The van der Waals surface area contributed by atoms with Crippen LogP contribution in [0.5, 0.6) is 5.75 Å². The van der Waals surface area contributed by atoms with E-state index in [0.717, 1.165) is 25.3 Å². The van der Waals surface area contributed by atoms with Gasteiger partial charge in [0, 0.05) is 36.7 Å². The van der Waals surface area contributed by atoms with Crippen molar-refractivity contribution in [2.75, 3.05) is 6.54 Å². The van der Waals surface area contributed by atoms with Crippen molar-refractivity contribution in [3.63, 3.8) is 0 Å². The first kappa shape index (κ1) is 14.0. The summed E-state index contributed by atoms with van der Waals surface area (Å²) in [4.78, 5) is 4.27. The Labute approximate surface area is 118 Å². The van der Waals surface area contributed by atoms with E-state index in [9.17, 15) is 0 Å². The smallest absolute Gasteiger partial charge is 0.124 e. The first-order chi connectivity index (χ1) is 9.25. The van der Waals surface area contributed by atoms with E-state index in [1.807, 2.05) is 43.6 Å². The Morgan fingerprint density at radius 2 is 2.16 bits per heavy atom. The number of thiazole rings is 1. The van der Waals surface area contributed by atoms with Crippen LogP contribution in [-0.2, 0) is 13.0 Å². The molecule has 0 fully saturated rings. The van der Waals surface area contributed by atoms with E-state index < -0.39 is 0 Å². The molecule has 1 N–H and O–H groups in total. The third-order valence-electron chi connectivity index (χ3n) is 2.65. The minimum atomic E-state index is 0.205. The van der Waals surface area contributed by atoms with Crippen LogP contribution in [0.4, 0.5) is 0 Å². The molecule has 2 aromatic rings. The summed E-state index contributed by atoms with van der Waals surface area (Å²) in [6, 6.07) is 8.19. The van der Waals surface area contributed by atoms with Gasteiger partial charge in [0.15, 0.2) is 0 Å². The number of nitrogens with one attached hydrogen (secondary N) is 1. The average molecular weight is 276 g/mol. The van der Waals surface area contributed by atoms with Gasteiger partial charge in [0.05, 0.1) is 11.1 Å². The number of nitrogens with zero attached hydrogens (tertiary/aromatic N) is 1. The molecule has 0 amide bonds. The second kappa shape index (κ2) is 7.26. The maximum Gasteiger partial charge on any atom is 0.124 e. The summed E-state index contributed by atoms with van der Waals surface area (Å²) in [5.74, 6) is 0.972. The molecular formula is C15H20N2OS. The van der Waals surface area contributed by atoms with Crippen LogP contribution < -0.4 is 10.1 Å². The third-order valence-corrected chi connectivity index (χ3v) is 3.49. The van der Waals surface area contributed by atoms with Gasteiger partial charge in [-0.15, -0.1) is 11.3 Å². The number of benzene rings is 1. The molecule has 0 unspecified atom stereocenters. The Bertz CT molecular complexity index is 483. The number of ether oxygens (including phenoxy) is 1. The van der Waals surface area contributed by atoms with E-state index >= 15 is 0 Å². The van der Waals surface area contributed by atoms with Gasteiger partial charge < -0.3 is 10.1 Å². The van der Waals surface area contributed by atoms with Gasteiger partial charge in [0.25, 0.3) is 0 Å². The van der Waals surface area contributed by atoms with Crippen LogP contribution >= 0.6 is 11.3 Å². The molecular weight excluding hydrogens is 256 g/mol. The van der Waals surface area contributed by atoms with Crippen LogP contribution in [0.1, 0.15) is 24.4 Å². The van der Waals surface area contributed by atoms with Gasteiger partial charge in [-0.25, -0.2) is 4.98 Å². The van der Waals surface area contributed by atoms with Crippen LogP contribution in [0.25, 0.3) is 0 Å². The second-order valence-electron chi connectivity index (χ2n) is 4.63. The lowest BCUT2D eigenvalue weighted by atomic mass is 10.2. The molecule has 102 valence electrons. The Morgan fingerprint density at radius 3 is 2.89 bits per heavy atom. The van der Waals surface area contributed by atoms with Crippen molar-refractivity contribution < 1.29 is 4.74 Å². The summed E-state index contributed by atoms with van der Waals surface area (Å²) < 4.78 is 5.80. The minimum absolute atomic E-state index is 0.205. The lowest BCUT2D eigenvalue weighted by Crippen LogP contribution is -2.18. The average Bonchev–Trinajstić information content (AvgIpc) is 2.89. The topological polar surface area (TPSA) is 34.1 Å². The van der Waals surface area contributed by atoms with Crippen molar-refractivity contribution in [1.82, 2.24) is 10.3 Å². The van der Waals surface area contributed by atoms with Crippen molar-refractivity contribution in [3.8, 4) is 5.75 Å². The second-order valence-corrected chi connectivity index (χ2v) is 5.61. The summed E-state index contributed by atoms with van der Waals surface area (Å²) in [5.41, 5.74) is 1.20. The predicted molar refractivity (Wildman–Crippen MR) is 79.7 cm³/mol. The molecule has 0 saturated heterocycles. The standard InChI is InChI=1S/C15H20N2OS/c1-12(2)18-14-6-4-3-5-13(14)11-16-8-7-15-17-9-10-19-15/h3-6,9-10,12,16H,7-8,11H2,1-2H3. The van der Waals surface area contributed by atoms with Crippen molar-refractivity contribution in [2.24, 2.45) is 0 Å². The molecule has 0 aliphatic heterocycles. The highest BCUT2D eigenvalue weighted by molar-refractivity contribution is 7.09. The van der Waals surface area contributed by atoms with Gasteiger partial charge in [-0.2, -0.15) is 0 Å². The molecule has 2 rings (SSSR count). The van der Waals surface area contributed by atoms with Gasteiger partial charge >= 0.3 is 0 Å². The van der Waals surface area contributed by atoms with E-state index in [0.29, 0.717) is 0 Å². The SMILES string of the molecule is CC(C)Oc1ccccc1CNCCc1nccs1. The zero-order valence-electron chi connectivity index (χ0n) is 11.4. The number of hydrogen-bond acceptors (Lipinski definition) is 4. The molecule has 0 atom stereocenters. The molecule has 0 aliphatic carbocycles. The van der Waals surface area contributed by atoms with E-state index in [4.69, 9.17) is 4.74 Å². The summed E-state index contributed by atoms with van der Waals surface area (Å²) in [6.45, 7) is 5.86. The van der Waals surface area contributed by atoms with E-state index in [-0.39, 0.29) is 6.10 Å². The Morgan fingerprint density at radius 1 is 1.32 bits per heavy atom. The molecule has 3 nitrogen and oxygen atoms in total. The number of hydrogen-bond donors (Lipinski definition) is 1. The molecule has 0 aliphatic rings. The fraction of sp³-hybridized carbons (Fsp3) is 0.400. The van der Waals surface area contributed by atoms with E-state index in [1.165, 1.54) is 10.6 Å². The summed E-state index contributed by atoms with van der Waals surface area (Å²) >= 11 is 1.70. The van der Waals surface area contributed by atoms with E-state index in [2.05, 4.69) is 16.4 Å². The molecule has 0 saturated carbocycles. The fourth-order valence-electron chi connectivity index (χ4n) is 1.81. The molecule has 4 heteroatoms. The highest BCUT2D eigenvalue weighted by Gasteiger charge is 2.04. The maximum absolute atomic E-state index is 5.80. The van der Waals surface area contributed by atoms with Crippen LogP contribution in [0, 0.1) is 0 Å². The maximum atomic E-state index is 5.80. The predicted octanol–water partition coefficient (Wildman–Crippen LogP) is 3.26. The number of aromatic nitrogens is 1. The lowest BCUT2D eigenvalue weighted by molar-refractivity contribution is 0.239. The molecule has 0 radical (unpaired) electrons. The molecule has 0 spiro atoms. The number of para-hydroxylation sites is 1. The highest BCUT2D eigenvalue weighted by atomic mass is 32.1. The third kappa shape index (κ3) is 4.65. The van der Waals surface area contributed by atoms with Crippen molar-refractivity contribution in [2.45, 2.75) is 32.9 Å². The molecule has 19 heavy (non-hydrogen) atoms. The van der Waals surface area contributed by atoms with Crippen LogP contribution in [0.15, 0.2) is 35.8 Å². The van der Waals surface area contributed by atoms with Gasteiger partial charge in [-0.3, -0.25) is 0 Å². The lowest BCUT2D eigenvalue weighted by Gasteiger charge is -2.14. The normalized spacial score (nSPS) is 10.9. The summed E-state index contributed by atoms with van der Waals surface area (Å²) in [6.07, 6.45) is 3.04. The van der Waals surface area contributed by atoms with Crippen molar-refractivity contribution in [1.29, 1.82) is 0 Å². The van der Waals surface area contributed by atoms with Gasteiger partial charge in [0.2, 0.25) is 0 Å². The minimum Gasteiger partial charge on any atom is -0.491 e. The zero-order chi connectivity index (χ0) is 13.5. The van der Waals surface area contributed by atoms with Crippen LogP contribution in [-0.4, -0.2) is 17.6 Å². The Kier molecular flexibility index (Phi) is 5.36. The Hall–Kier alpha value is -1.39. The number of rotatable bonds is 7. The highest BCUT2D eigenvalue weighted by Crippen LogP contribution is 2.19. The van der Waals surface area contributed by atoms with Crippen molar-refractivity contribution >= 4 is 11.3 Å². The molecule has 1 aromatic heterocycles. The molecule has 1 aromatic carbocycles. The first-order valence-electron chi connectivity index (χ1n) is 6.59. The van der Waals surface area contributed by atoms with Gasteiger partial charge in [0.1, 0.15) is 5.75 Å². The van der Waals surface area contributed by atoms with Crippen LogP contribution in [0.3, 0.4) is 0 Å². The zero-order valence-corrected chi connectivity index (χ0v) is 12.2. The monoisotopic (exact) mass is 276 g/mol. The van der Waals surface area contributed by atoms with Gasteiger partial charge in [-0.05, 0) is 19.9 Å². The quantitative estimate of drug-likeness (QED) is 0.788. The van der Waals surface area contributed by atoms with Crippen LogP contribution in [0.2, 0.25) is 0 Å². The summed E-state index contributed by atoms with van der Waals surface area (Å²) in [7, 11) is 0. The van der Waals surface area contributed by atoms with Crippen molar-refractivity contribution in [3.05, 3.63) is 46.4 Å². The van der Waals surface area contributed by atoms with Gasteiger partial charge in [-0.1, -0.05) is 18.2 Å². The first-order valence-corrected chi connectivity index (χ1v) is 7.47. The molecule has 1 heterocycles. The largest absolute Gasteiger partial charge is 0.491 e. The molecule has 0 bridgehead atoms. The Balaban J connectivity index is 1.82. The fourth-order valence-corrected chi connectivity index (χ4v) is 2.43. The summed E-state index contributed by atoms with van der Waals surface area (Å²) in [5, 5.41) is 6.64. The van der Waals surface area contributed by atoms with E-state index in [1.54, 1.807) is 11.3 Å².